The molecule has 0 aromatic carbocycles. The average Bonchev–Trinajstić information content (AvgIpc) is 2.19. The van der Waals surface area contributed by atoms with Crippen LogP contribution >= 0.6 is 11.6 Å². The molecule has 0 radical (unpaired) electrons. The van der Waals surface area contributed by atoms with E-state index in [1.165, 1.54) is 32.1 Å². The first kappa shape index (κ1) is 9.91. The van der Waals surface area contributed by atoms with Crippen LogP contribution in [0.2, 0.25) is 5.15 Å². The second-order valence-corrected chi connectivity index (χ2v) is 4.39. The van der Waals surface area contributed by atoms with E-state index in [1.807, 2.05) is 0 Å². The summed E-state index contributed by atoms with van der Waals surface area (Å²) in [6.45, 7) is 0. The fourth-order valence-electron chi connectivity index (χ4n) is 2.12. The van der Waals surface area contributed by atoms with E-state index in [4.69, 9.17) is 11.6 Å². The molecule has 1 heterocycles. The maximum absolute atomic E-state index is 5.81. The van der Waals surface area contributed by atoms with E-state index in [9.17, 15) is 0 Å². The van der Waals surface area contributed by atoms with Crippen molar-refractivity contribution in [1.29, 1.82) is 0 Å². The minimum atomic E-state index is 0.561. The van der Waals surface area contributed by atoms with Gasteiger partial charge in [0.1, 0.15) is 11.0 Å². The SMILES string of the molecule is Clc1ccnc(CC2CCCCC2)n1. The Morgan fingerprint density at radius 1 is 1.29 bits per heavy atom. The fourth-order valence-corrected chi connectivity index (χ4v) is 2.28. The van der Waals surface area contributed by atoms with E-state index in [1.54, 1.807) is 12.3 Å². The number of nitrogens with zero attached hydrogens (tertiary/aromatic N) is 2. The molecule has 0 N–H and O–H groups in total. The molecule has 1 aliphatic carbocycles. The van der Waals surface area contributed by atoms with Crippen molar-refractivity contribution in [2.75, 3.05) is 0 Å². The lowest BCUT2D eigenvalue weighted by atomic mass is 9.87. The zero-order valence-electron chi connectivity index (χ0n) is 8.25. The highest BCUT2D eigenvalue weighted by Gasteiger charge is 2.15. The van der Waals surface area contributed by atoms with Crippen molar-refractivity contribution in [3.05, 3.63) is 23.2 Å². The van der Waals surface area contributed by atoms with E-state index in [0.717, 1.165) is 18.2 Å². The Labute approximate surface area is 89.7 Å². The van der Waals surface area contributed by atoms with Crippen molar-refractivity contribution in [1.82, 2.24) is 9.97 Å². The zero-order chi connectivity index (χ0) is 9.80. The lowest BCUT2D eigenvalue weighted by molar-refractivity contribution is 0.351. The minimum absolute atomic E-state index is 0.561. The predicted octanol–water partition coefficient (Wildman–Crippen LogP) is 3.25. The Morgan fingerprint density at radius 3 is 2.79 bits per heavy atom. The molecule has 0 bridgehead atoms. The van der Waals surface area contributed by atoms with Gasteiger partial charge in [0, 0.05) is 12.6 Å². The van der Waals surface area contributed by atoms with Gasteiger partial charge in [-0.25, -0.2) is 9.97 Å². The van der Waals surface area contributed by atoms with Crippen LogP contribution in [0.15, 0.2) is 12.3 Å². The van der Waals surface area contributed by atoms with Crippen LogP contribution < -0.4 is 0 Å². The van der Waals surface area contributed by atoms with Gasteiger partial charge < -0.3 is 0 Å². The van der Waals surface area contributed by atoms with Gasteiger partial charge in [-0.2, -0.15) is 0 Å². The zero-order valence-corrected chi connectivity index (χ0v) is 9.00. The monoisotopic (exact) mass is 210 g/mol. The van der Waals surface area contributed by atoms with Crippen molar-refractivity contribution < 1.29 is 0 Å². The number of hydrogen-bond acceptors (Lipinski definition) is 2. The van der Waals surface area contributed by atoms with Gasteiger partial charge in [0.05, 0.1) is 0 Å². The van der Waals surface area contributed by atoms with Gasteiger partial charge in [0.2, 0.25) is 0 Å². The highest BCUT2D eigenvalue weighted by atomic mass is 35.5. The van der Waals surface area contributed by atoms with Crippen LogP contribution in [-0.4, -0.2) is 9.97 Å². The molecule has 0 atom stereocenters. The molecule has 1 aromatic heterocycles. The lowest BCUT2D eigenvalue weighted by Gasteiger charge is -2.20. The molecule has 1 saturated carbocycles. The molecular weight excluding hydrogens is 196 g/mol. The fraction of sp³-hybridized carbons (Fsp3) is 0.636. The van der Waals surface area contributed by atoms with Crippen LogP contribution in [-0.2, 0) is 6.42 Å². The highest BCUT2D eigenvalue weighted by Crippen LogP contribution is 2.25. The standard InChI is InChI=1S/C11H15ClN2/c12-10-6-7-13-11(14-10)8-9-4-2-1-3-5-9/h6-7,9H,1-5,8H2. The molecule has 0 aliphatic heterocycles. The second-order valence-electron chi connectivity index (χ2n) is 4.00. The Morgan fingerprint density at radius 2 is 2.07 bits per heavy atom. The Balaban J connectivity index is 1.95. The topological polar surface area (TPSA) is 25.8 Å². The molecule has 1 aliphatic rings. The van der Waals surface area contributed by atoms with Crippen molar-refractivity contribution in [2.45, 2.75) is 38.5 Å². The summed E-state index contributed by atoms with van der Waals surface area (Å²) >= 11 is 5.81. The summed E-state index contributed by atoms with van der Waals surface area (Å²) in [5.74, 6) is 1.69. The first-order valence-electron chi connectivity index (χ1n) is 5.32. The Bertz CT molecular complexity index is 295. The summed E-state index contributed by atoms with van der Waals surface area (Å²) in [7, 11) is 0. The number of rotatable bonds is 2. The molecule has 3 heteroatoms. The van der Waals surface area contributed by atoms with Gasteiger partial charge in [-0.3, -0.25) is 0 Å². The van der Waals surface area contributed by atoms with E-state index in [2.05, 4.69) is 9.97 Å². The summed E-state index contributed by atoms with van der Waals surface area (Å²) in [5.41, 5.74) is 0. The summed E-state index contributed by atoms with van der Waals surface area (Å²) in [5, 5.41) is 0.561. The quantitative estimate of drug-likeness (QED) is 0.701. The normalized spacial score (nSPS) is 18.4. The van der Waals surface area contributed by atoms with Gasteiger partial charge in [0.15, 0.2) is 0 Å². The summed E-state index contributed by atoms with van der Waals surface area (Å²) in [6, 6.07) is 1.73. The van der Waals surface area contributed by atoms with E-state index >= 15 is 0 Å². The average molecular weight is 211 g/mol. The summed E-state index contributed by atoms with van der Waals surface area (Å²) < 4.78 is 0. The van der Waals surface area contributed by atoms with Gasteiger partial charge >= 0.3 is 0 Å². The van der Waals surface area contributed by atoms with E-state index in [-0.39, 0.29) is 0 Å². The molecular formula is C11H15ClN2. The van der Waals surface area contributed by atoms with Crippen molar-refractivity contribution in [2.24, 2.45) is 5.92 Å². The number of halogens is 1. The second kappa shape index (κ2) is 4.74. The third-order valence-corrected chi connectivity index (χ3v) is 3.08. The largest absolute Gasteiger partial charge is 0.241 e. The molecule has 0 amide bonds. The molecule has 0 spiro atoms. The molecule has 14 heavy (non-hydrogen) atoms. The van der Waals surface area contributed by atoms with Gasteiger partial charge in [-0.1, -0.05) is 43.7 Å². The number of aromatic nitrogens is 2. The highest BCUT2D eigenvalue weighted by molar-refractivity contribution is 6.29. The minimum Gasteiger partial charge on any atom is -0.241 e. The van der Waals surface area contributed by atoms with Crippen LogP contribution in [0.3, 0.4) is 0 Å². The Kier molecular flexibility index (Phi) is 3.35. The van der Waals surface area contributed by atoms with Crippen LogP contribution in [0.4, 0.5) is 0 Å². The molecule has 76 valence electrons. The summed E-state index contributed by atoms with van der Waals surface area (Å²) in [6.07, 6.45) is 9.53. The number of hydrogen-bond donors (Lipinski definition) is 0. The molecule has 0 unspecified atom stereocenters. The molecule has 2 rings (SSSR count). The molecule has 0 saturated heterocycles. The first-order valence-corrected chi connectivity index (χ1v) is 5.70. The van der Waals surface area contributed by atoms with Crippen LogP contribution in [0.25, 0.3) is 0 Å². The van der Waals surface area contributed by atoms with Gasteiger partial charge in [-0.05, 0) is 12.0 Å². The maximum atomic E-state index is 5.81. The third kappa shape index (κ3) is 2.68. The van der Waals surface area contributed by atoms with Crippen LogP contribution in [0.1, 0.15) is 37.9 Å². The van der Waals surface area contributed by atoms with Crippen LogP contribution in [0, 0.1) is 5.92 Å². The third-order valence-electron chi connectivity index (χ3n) is 2.87. The smallest absolute Gasteiger partial charge is 0.132 e. The van der Waals surface area contributed by atoms with Gasteiger partial charge in [-0.15, -0.1) is 0 Å². The van der Waals surface area contributed by atoms with Crippen molar-refractivity contribution in [3.8, 4) is 0 Å². The first-order chi connectivity index (χ1) is 6.84. The molecule has 1 fully saturated rings. The van der Waals surface area contributed by atoms with Crippen molar-refractivity contribution >= 4 is 11.6 Å². The van der Waals surface area contributed by atoms with Gasteiger partial charge in [0.25, 0.3) is 0 Å². The van der Waals surface area contributed by atoms with Crippen molar-refractivity contribution in [3.63, 3.8) is 0 Å². The summed E-state index contributed by atoms with van der Waals surface area (Å²) in [4.78, 5) is 8.46. The lowest BCUT2D eigenvalue weighted by Crippen LogP contribution is -2.11. The maximum Gasteiger partial charge on any atom is 0.132 e. The van der Waals surface area contributed by atoms with E-state index < -0.39 is 0 Å². The van der Waals surface area contributed by atoms with Crippen LogP contribution in [0.5, 0.6) is 0 Å². The molecule has 2 nitrogen and oxygen atoms in total. The Hall–Kier alpha value is -0.630. The predicted molar refractivity (Wildman–Crippen MR) is 57.3 cm³/mol. The van der Waals surface area contributed by atoms with E-state index in [0.29, 0.717) is 5.15 Å². The molecule has 1 aromatic rings.